The van der Waals surface area contributed by atoms with E-state index in [-0.39, 0.29) is 25.7 Å². The summed E-state index contributed by atoms with van der Waals surface area (Å²) in [6.45, 7) is -0.874. The first kappa shape index (κ1) is 36.3. The van der Waals surface area contributed by atoms with Crippen molar-refractivity contribution in [3.8, 4) is 0 Å². The second-order valence-corrected chi connectivity index (χ2v) is 14.0. The molecule has 6 aromatic rings. The molecule has 0 spiro atoms. The minimum absolute atomic E-state index is 0.00461. The lowest BCUT2D eigenvalue weighted by Crippen LogP contribution is -2.43. The van der Waals surface area contributed by atoms with Crippen LogP contribution >= 0.6 is 0 Å². The van der Waals surface area contributed by atoms with Gasteiger partial charge < -0.3 is 28.9 Å². The summed E-state index contributed by atoms with van der Waals surface area (Å²) in [5.41, 5.74) is 9.03. The number of H-pyrrole nitrogens is 2. The van der Waals surface area contributed by atoms with E-state index in [1.54, 1.807) is 12.4 Å². The topological polar surface area (TPSA) is 137 Å². The summed E-state index contributed by atoms with van der Waals surface area (Å²) in [5.74, 6) is -2.36. The van der Waals surface area contributed by atoms with Crippen molar-refractivity contribution >= 4 is 56.8 Å². The molecule has 0 saturated heterocycles. The third kappa shape index (κ3) is 8.19. The number of carbonyl (C=O) groups is 4. The SMILES string of the molecule is O=C(CC1=CCc2ccccc21)OC[C@@H](OC(=O)Cc1c[nH]c2ccccc12)[C@H](COC(=O)Cc1c[nH]c2ccccc12)OC(=O)CC1=CCc2ccccc21. The van der Waals surface area contributed by atoms with Gasteiger partial charge >= 0.3 is 23.9 Å². The van der Waals surface area contributed by atoms with E-state index >= 15 is 0 Å². The number of carbonyl (C=O) groups excluding carboxylic acids is 4. The molecule has 0 aliphatic heterocycles. The summed E-state index contributed by atoms with van der Waals surface area (Å²) >= 11 is 0. The number of allylic oxidation sites excluding steroid dienone is 2. The Bertz CT molecular complexity index is 2500. The van der Waals surface area contributed by atoms with Gasteiger partial charge in [-0.05, 0) is 69.5 Å². The molecule has 8 rings (SSSR count). The molecule has 2 N–H and O–H groups in total. The molecule has 2 aliphatic rings. The lowest BCUT2D eigenvalue weighted by Gasteiger charge is -2.27. The van der Waals surface area contributed by atoms with Gasteiger partial charge in [0.05, 0.1) is 25.7 Å². The van der Waals surface area contributed by atoms with Crippen LogP contribution in [0.5, 0.6) is 0 Å². The molecule has 0 fully saturated rings. The van der Waals surface area contributed by atoms with Crippen LogP contribution in [0.15, 0.2) is 122 Å². The average molecular weight is 749 g/mol. The van der Waals surface area contributed by atoms with Crippen LogP contribution < -0.4 is 0 Å². The molecule has 282 valence electrons. The summed E-state index contributed by atoms with van der Waals surface area (Å²) < 4.78 is 23.5. The Balaban J connectivity index is 1.02. The zero-order chi connectivity index (χ0) is 38.4. The van der Waals surface area contributed by atoms with E-state index in [1.807, 2.05) is 109 Å². The Labute approximate surface area is 323 Å². The number of esters is 4. The van der Waals surface area contributed by atoms with Gasteiger partial charge in [-0.15, -0.1) is 0 Å². The normalized spacial score (nSPS) is 14.0. The van der Waals surface area contributed by atoms with Gasteiger partial charge in [-0.3, -0.25) is 19.2 Å². The molecule has 2 heterocycles. The van der Waals surface area contributed by atoms with Gasteiger partial charge in [0.2, 0.25) is 0 Å². The van der Waals surface area contributed by atoms with Gasteiger partial charge in [-0.25, -0.2) is 0 Å². The Kier molecular flexibility index (Phi) is 10.6. The van der Waals surface area contributed by atoms with E-state index in [2.05, 4.69) is 9.97 Å². The second-order valence-electron chi connectivity index (χ2n) is 14.0. The fourth-order valence-electron chi connectivity index (χ4n) is 7.53. The lowest BCUT2D eigenvalue weighted by molar-refractivity contribution is -0.181. The fraction of sp³-hybridized carbons (Fsp3) is 0.217. The summed E-state index contributed by atoms with van der Waals surface area (Å²) in [6, 6.07) is 30.9. The Morgan fingerprint density at radius 1 is 0.500 bits per heavy atom. The van der Waals surface area contributed by atoms with Gasteiger partial charge in [0.1, 0.15) is 13.2 Å². The van der Waals surface area contributed by atoms with E-state index in [0.717, 1.165) is 67.2 Å². The number of para-hydroxylation sites is 2. The Morgan fingerprint density at radius 3 is 1.45 bits per heavy atom. The highest BCUT2D eigenvalue weighted by Gasteiger charge is 2.33. The van der Waals surface area contributed by atoms with Crippen molar-refractivity contribution < 1.29 is 38.1 Å². The maximum atomic E-state index is 13.7. The van der Waals surface area contributed by atoms with Crippen LogP contribution in [0.2, 0.25) is 0 Å². The monoisotopic (exact) mass is 748 g/mol. The molecule has 10 nitrogen and oxygen atoms in total. The maximum Gasteiger partial charge on any atom is 0.310 e. The molecule has 2 aliphatic carbocycles. The molecular weight excluding hydrogens is 709 g/mol. The van der Waals surface area contributed by atoms with Crippen LogP contribution in [0.3, 0.4) is 0 Å². The lowest BCUT2D eigenvalue weighted by atomic mass is 10.0. The van der Waals surface area contributed by atoms with Gasteiger partial charge in [-0.1, -0.05) is 97.1 Å². The van der Waals surface area contributed by atoms with Crippen LogP contribution in [0.4, 0.5) is 0 Å². The third-order valence-corrected chi connectivity index (χ3v) is 10.3. The van der Waals surface area contributed by atoms with Gasteiger partial charge in [0.25, 0.3) is 0 Å². The van der Waals surface area contributed by atoms with Crippen LogP contribution in [0.25, 0.3) is 33.0 Å². The molecule has 10 heteroatoms. The zero-order valence-electron chi connectivity index (χ0n) is 30.6. The number of fused-ring (bicyclic) bond motifs is 4. The van der Waals surface area contributed by atoms with Crippen molar-refractivity contribution in [3.05, 3.63) is 155 Å². The summed E-state index contributed by atoms with van der Waals surface area (Å²) in [6.07, 6.45) is 6.09. The molecule has 0 saturated carbocycles. The predicted octanol–water partition coefficient (Wildman–Crippen LogP) is 7.40. The van der Waals surface area contributed by atoms with Crippen LogP contribution in [-0.4, -0.2) is 59.3 Å². The van der Waals surface area contributed by atoms with Gasteiger partial charge in [0, 0.05) is 34.2 Å². The van der Waals surface area contributed by atoms with E-state index in [1.165, 1.54) is 0 Å². The predicted molar refractivity (Wildman–Crippen MR) is 211 cm³/mol. The smallest absolute Gasteiger partial charge is 0.310 e. The number of nitrogens with one attached hydrogen (secondary N) is 2. The molecule has 2 aromatic heterocycles. The van der Waals surface area contributed by atoms with Gasteiger partial charge in [-0.2, -0.15) is 0 Å². The number of aromatic amines is 2. The molecule has 0 unspecified atom stereocenters. The van der Waals surface area contributed by atoms with Gasteiger partial charge in [0.15, 0.2) is 12.2 Å². The third-order valence-electron chi connectivity index (χ3n) is 10.3. The maximum absolute atomic E-state index is 13.7. The number of hydrogen-bond donors (Lipinski definition) is 2. The zero-order valence-corrected chi connectivity index (χ0v) is 30.6. The summed E-state index contributed by atoms with van der Waals surface area (Å²) in [7, 11) is 0. The first-order chi connectivity index (χ1) is 27.4. The van der Waals surface area contributed by atoms with Crippen molar-refractivity contribution in [2.24, 2.45) is 0 Å². The van der Waals surface area contributed by atoms with Crippen LogP contribution in [0.1, 0.15) is 46.2 Å². The highest BCUT2D eigenvalue weighted by molar-refractivity contribution is 5.90. The first-order valence-corrected chi connectivity index (χ1v) is 18.7. The Hall–Kier alpha value is -6.68. The molecule has 0 amide bonds. The summed E-state index contributed by atoms with van der Waals surface area (Å²) in [4.78, 5) is 60.3. The standard InChI is InChI=1S/C46H40N2O8/c49-43(21-31-19-17-29-9-1-3-11-35(29)31)53-27-42(56-46(52)24-34-26-48-40-16-8-6-14-38(34)40)41(55-45(51)22-32-20-18-30-10-2-4-12-36(30)32)28-54-44(50)23-33-25-47-39-15-7-5-13-37(33)39/h1-16,19-20,25-26,41-42,47-48H,17-18,21-24,27-28H2/t41-,42+/m0/s1. The van der Waals surface area contributed by atoms with Crippen molar-refractivity contribution in [2.45, 2.75) is 50.7 Å². The van der Waals surface area contributed by atoms with E-state index in [9.17, 15) is 19.2 Å². The highest BCUT2D eigenvalue weighted by Crippen LogP contribution is 2.31. The number of benzene rings is 4. The molecule has 56 heavy (non-hydrogen) atoms. The number of rotatable bonds is 15. The fourth-order valence-corrected chi connectivity index (χ4v) is 7.53. The number of aromatic nitrogens is 2. The molecule has 4 aromatic carbocycles. The second kappa shape index (κ2) is 16.4. The van der Waals surface area contributed by atoms with Crippen molar-refractivity contribution in [1.82, 2.24) is 9.97 Å². The van der Waals surface area contributed by atoms with Crippen LogP contribution in [-0.2, 0) is 63.8 Å². The number of ether oxygens (including phenoxy) is 4. The molecular formula is C46H40N2O8. The quantitative estimate of drug-likeness (QED) is 0.0819. The average Bonchev–Trinajstić information content (AvgIpc) is 4.02. The van der Waals surface area contributed by atoms with E-state index < -0.39 is 49.3 Å². The van der Waals surface area contributed by atoms with Crippen molar-refractivity contribution in [2.75, 3.05) is 13.2 Å². The summed E-state index contributed by atoms with van der Waals surface area (Å²) in [5, 5.41) is 1.74. The Morgan fingerprint density at radius 2 is 0.911 bits per heavy atom. The number of hydrogen-bond acceptors (Lipinski definition) is 8. The van der Waals surface area contributed by atoms with Crippen molar-refractivity contribution in [3.63, 3.8) is 0 Å². The van der Waals surface area contributed by atoms with E-state index in [0.29, 0.717) is 12.0 Å². The first-order valence-electron chi connectivity index (χ1n) is 18.7. The van der Waals surface area contributed by atoms with Crippen LogP contribution in [0, 0.1) is 0 Å². The molecule has 0 bridgehead atoms. The largest absolute Gasteiger partial charge is 0.461 e. The van der Waals surface area contributed by atoms with Crippen molar-refractivity contribution in [1.29, 1.82) is 0 Å². The molecule has 0 radical (unpaired) electrons. The highest BCUT2D eigenvalue weighted by atomic mass is 16.6. The van der Waals surface area contributed by atoms with E-state index in [4.69, 9.17) is 18.9 Å². The minimum atomic E-state index is -1.30. The minimum Gasteiger partial charge on any atom is -0.461 e. The molecule has 2 atom stereocenters.